The monoisotopic (exact) mass is 260 g/mol. The lowest BCUT2D eigenvalue weighted by atomic mass is 10.1. The van der Waals surface area contributed by atoms with E-state index in [0.29, 0.717) is 6.04 Å². The lowest BCUT2D eigenvalue weighted by Crippen LogP contribution is -2.34. The van der Waals surface area contributed by atoms with Crippen molar-refractivity contribution in [3.8, 4) is 0 Å². The molecule has 2 aromatic heterocycles. The van der Waals surface area contributed by atoms with Crippen LogP contribution in [0.15, 0.2) is 11.7 Å². The molecule has 0 aromatic carbocycles. The average molecular weight is 260 g/mol. The number of anilines is 1. The maximum absolute atomic E-state index is 4.56. The largest absolute Gasteiger partial charge is 0.351 e. The second-order valence-electron chi connectivity index (χ2n) is 5.26. The van der Waals surface area contributed by atoms with E-state index in [0.717, 1.165) is 30.3 Å². The Hall–Kier alpha value is -1.20. The van der Waals surface area contributed by atoms with E-state index in [9.17, 15) is 0 Å². The van der Waals surface area contributed by atoms with Gasteiger partial charge in [-0.2, -0.15) is 0 Å². The third-order valence-electron chi connectivity index (χ3n) is 4.23. The molecule has 2 saturated heterocycles. The first-order chi connectivity index (χ1) is 8.84. The zero-order valence-electron chi connectivity index (χ0n) is 10.4. The molecule has 94 valence electrons. The SMILES string of the molecule is Cc1csc2c(N3CC[C@H]4CNC[C@H]43)ncnc12. The molecule has 0 saturated carbocycles. The van der Waals surface area contributed by atoms with Crippen LogP contribution in [0.4, 0.5) is 5.82 Å². The molecule has 4 rings (SSSR count). The molecule has 0 amide bonds. The molecule has 1 N–H and O–H groups in total. The molecule has 0 radical (unpaired) electrons. The van der Waals surface area contributed by atoms with Crippen molar-refractivity contribution in [1.29, 1.82) is 0 Å². The lowest BCUT2D eigenvalue weighted by molar-refractivity contribution is 0.578. The summed E-state index contributed by atoms with van der Waals surface area (Å²) in [7, 11) is 0. The van der Waals surface area contributed by atoms with Crippen LogP contribution >= 0.6 is 11.3 Å². The maximum atomic E-state index is 4.56. The molecule has 5 heteroatoms. The maximum Gasteiger partial charge on any atom is 0.150 e. The van der Waals surface area contributed by atoms with Crippen LogP contribution in [0, 0.1) is 12.8 Å². The number of fused-ring (bicyclic) bond motifs is 2. The number of nitrogens with zero attached hydrogens (tertiary/aromatic N) is 3. The molecular formula is C13H16N4S. The summed E-state index contributed by atoms with van der Waals surface area (Å²) in [5.41, 5.74) is 2.39. The third-order valence-corrected chi connectivity index (χ3v) is 5.31. The first-order valence-corrected chi connectivity index (χ1v) is 7.38. The molecule has 0 unspecified atom stereocenters. The van der Waals surface area contributed by atoms with Crippen molar-refractivity contribution in [1.82, 2.24) is 15.3 Å². The minimum atomic E-state index is 0.630. The van der Waals surface area contributed by atoms with Crippen LogP contribution < -0.4 is 10.2 Å². The van der Waals surface area contributed by atoms with Crippen molar-refractivity contribution in [2.75, 3.05) is 24.5 Å². The molecular weight excluding hydrogens is 244 g/mol. The number of hydrogen-bond acceptors (Lipinski definition) is 5. The van der Waals surface area contributed by atoms with Crippen LogP contribution in [0.3, 0.4) is 0 Å². The van der Waals surface area contributed by atoms with Gasteiger partial charge in [0.25, 0.3) is 0 Å². The zero-order chi connectivity index (χ0) is 12.1. The fraction of sp³-hybridized carbons (Fsp3) is 0.538. The third kappa shape index (κ3) is 1.40. The van der Waals surface area contributed by atoms with Gasteiger partial charge >= 0.3 is 0 Å². The molecule has 18 heavy (non-hydrogen) atoms. The molecule has 2 fully saturated rings. The van der Waals surface area contributed by atoms with Crippen LogP contribution in [0.1, 0.15) is 12.0 Å². The van der Waals surface area contributed by atoms with E-state index in [1.54, 1.807) is 17.7 Å². The van der Waals surface area contributed by atoms with Crippen LogP contribution in [0.25, 0.3) is 10.2 Å². The lowest BCUT2D eigenvalue weighted by Gasteiger charge is -2.24. The summed E-state index contributed by atoms with van der Waals surface area (Å²) >= 11 is 1.77. The van der Waals surface area contributed by atoms with Gasteiger partial charge in [-0.3, -0.25) is 0 Å². The van der Waals surface area contributed by atoms with Crippen LogP contribution in [-0.4, -0.2) is 35.6 Å². The summed E-state index contributed by atoms with van der Waals surface area (Å²) in [6.45, 7) is 5.53. The first-order valence-electron chi connectivity index (χ1n) is 6.51. The average Bonchev–Trinajstić information content (AvgIpc) is 3.04. The predicted molar refractivity (Wildman–Crippen MR) is 74.3 cm³/mol. The second kappa shape index (κ2) is 3.90. The molecule has 2 aromatic rings. The molecule has 0 aliphatic carbocycles. The molecule has 4 nitrogen and oxygen atoms in total. The summed E-state index contributed by atoms with van der Waals surface area (Å²) in [4.78, 5) is 11.5. The van der Waals surface area contributed by atoms with E-state index < -0.39 is 0 Å². The van der Waals surface area contributed by atoms with Crippen molar-refractivity contribution in [3.63, 3.8) is 0 Å². The summed E-state index contributed by atoms with van der Waals surface area (Å²) in [6.07, 6.45) is 3.00. The molecule has 2 aliphatic rings. The first kappa shape index (κ1) is 10.7. The Morgan fingerprint density at radius 2 is 2.33 bits per heavy atom. The van der Waals surface area contributed by atoms with Crippen LogP contribution in [0.5, 0.6) is 0 Å². The Bertz CT molecular complexity index is 594. The minimum absolute atomic E-state index is 0.630. The van der Waals surface area contributed by atoms with Crippen molar-refractivity contribution >= 4 is 27.4 Å². The van der Waals surface area contributed by atoms with Gasteiger partial charge in [0.15, 0.2) is 0 Å². The number of aromatic nitrogens is 2. The minimum Gasteiger partial charge on any atom is -0.351 e. The Kier molecular flexibility index (Phi) is 2.32. The van der Waals surface area contributed by atoms with Gasteiger partial charge in [0.2, 0.25) is 0 Å². The molecule has 0 spiro atoms. The highest BCUT2D eigenvalue weighted by molar-refractivity contribution is 7.18. The van der Waals surface area contributed by atoms with E-state index in [4.69, 9.17) is 0 Å². The number of thiophene rings is 1. The predicted octanol–water partition coefficient (Wildman–Crippen LogP) is 1.80. The normalized spacial score (nSPS) is 27.1. The van der Waals surface area contributed by atoms with Gasteiger partial charge in [0.05, 0.1) is 10.2 Å². The van der Waals surface area contributed by atoms with E-state index in [-0.39, 0.29) is 0 Å². The van der Waals surface area contributed by atoms with Crippen LogP contribution in [0.2, 0.25) is 0 Å². The van der Waals surface area contributed by atoms with Crippen molar-refractivity contribution in [3.05, 3.63) is 17.3 Å². The van der Waals surface area contributed by atoms with Gasteiger partial charge in [0, 0.05) is 25.7 Å². The van der Waals surface area contributed by atoms with Crippen molar-refractivity contribution < 1.29 is 0 Å². The number of aryl methyl sites for hydroxylation is 1. The quantitative estimate of drug-likeness (QED) is 0.849. The number of hydrogen-bond donors (Lipinski definition) is 1. The summed E-state index contributed by atoms with van der Waals surface area (Å²) < 4.78 is 1.25. The van der Waals surface area contributed by atoms with Gasteiger partial charge in [-0.15, -0.1) is 11.3 Å². The van der Waals surface area contributed by atoms with E-state index in [2.05, 4.69) is 32.5 Å². The van der Waals surface area contributed by atoms with Gasteiger partial charge < -0.3 is 10.2 Å². The number of rotatable bonds is 1. The standard InChI is InChI=1S/C13H16N4S/c1-8-6-18-12-11(8)15-7-16-13(12)17-3-2-9-4-14-5-10(9)17/h6-7,9-10,14H,2-5H2,1H3/t9-,10+/m0/s1. The van der Waals surface area contributed by atoms with Gasteiger partial charge in [0.1, 0.15) is 12.1 Å². The zero-order valence-corrected chi connectivity index (χ0v) is 11.2. The van der Waals surface area contributed by atoms with E-state index in [1.807, 2.05) is 0 Å². The molecule has 4 heterocycles. The van der Waals surface area contributed by atoms with E-state index in [1.165, 1.54) is 23.2 Å². The van der Waals surface area contributed by atoms with Gasteiger partial charge in [-0.25, -0.2) is 9.97 Å². The van der Waals surface area contributed by atoms with Gasteiger partial charge in [-0.05, 0) is 30.2 Å². The van der Waals surface area contributed by atoms with Crippen molar-refractivity contribution in [2.24, 2.45) is 5.92 Å². The Labute approximate surface area is 110 Å². The van der Waals surface area contributed by atoms with Crippen LogP contribution in [-0.2, 0) is 0 Å². The van der Waals surface area contributed by atoms with Gasteiger partial charge in [-0.1, -0.05) is 0 Å². The molecule has 2 aliphatic heterocycles. The molecule has 2 atom stereocenters. The highest BCUT2D eigenvalue weighted by Crippen LogP contribution is 2.37. The summed E-state index contributed by atoms with van der Waals surface area (Å²) in [5, 5.41) is 5.68. The summed E-state index contributed by atoms with van der Waals surface area (Å²) in [6, 6.07) is 0.630. The Morgan fingerprint density at radius 1 is 1.39 bits per heavy atom. The topological polar surface area (TPSA) is 41.0 Å². The fourth-order valence-corrected chi connectivity index (χ4v) is 4.28. The number of nitrogens with one attached hydrogen (secondary N) is 1. The highest BCUT2D eigenvalue weighted by Gasteiger charge is 2.38. The smallest absolute Gasteiger partial charge is 0.150 e. The highest BCUT2D eigenvalue weighted by atomic mass is 32.1. The Balaban J connectivity index is 1.82. The second-order valence-corrected chi connectivity index (χ2v) is 6.14. The van der Waals surface area contributed by atoms with Crippen molar-refractivity contribution in [2.45, 2.75) is 19.4 Å². The van der Waals surface area contributed by atoms with E-state index >= 15 is 0 Å². The molecule has 0 bridgehead atoms. The fourth-order valence-electron chi connectivity index (χ4n) is 3.27. The summed E-state index contributed by atoms with van der Waals surface area (Å²) in [5.74, 6) is 1.95. The Morgan fingerprint density at radius 3 is 3.28 bits per heavy atom.